The number of nitrogens with zero attached hydrogens (tertiary/aromatic N) is 1. The van der Waals surface area contributed by atoms with E-state index in [4.69, 9.17) is 4.74 Å². The number of hydrogen-bond donors (Lipinski definition) is 2. The van der Waals surface area contributed by atoms with Crippen LogP contribution in [0.2, 0.25) is 0 Å². The molecule has 0 saturated carbocycles. The van der Waals surface area contributed by atoms with Gasteiger partial charge in [0.25, 0.3) is 0 Å². The van der Waals surface area contributed by atoms with Gasteiger partial charge in [-0.1, -0.05) is 18.6 Å². The number of hydrogen-bond acceptors (Lipinski definition) is 5. The van der Waals surface area contributed by atoms with Crippen molar-refractivity contribution in [3.8, 4) is 5.75 Å². The number of aliphatic carboxylic acids is 1. The summed E-state index contributed by atoms with van der Waals surface area (Å²) in [6.07, 6.45) is 2.88. The molecule has 9 heteroatoms. The first-order chi connectivity index (χ1) is 14.3. The van der Waals surface area contributed by atoms with Crippen LogP contribution in [0, 0.1) is 5.82 Å². The predicted octanol–water partition coefficient (Wildman–Crippen LogP) is 2.62. The lowest BCUT2D eigenvalue weighted by molar-refractivity contribution is -0.143. The zero-order valence-corrected chi connectivity index (χ0v) is 17.3. The summed E-state index contributed by atoms with van der Waals surface area (Å²) in [5.74, 6) is -0.898. The lowest BCUT2D eigenvalue weighted by atomic mass is 10.1. The Morgan fingerprint density at radius 3 is 2.30 bits per heavy atom. The molecule has 7 nitrogen and oxygen atoms in total. The van der Waals surface area contributed by atoms with Crippen molar-refractivity contribution in [3.63, 3.8) is 0 Å². The van der Waals surface area contributed by atoms with Crippen molar-refractivity contribution in [2.24, 2.45) is 0 Å². The fourth-order valence-corrected chi connectivity index (χ4v) is 4.38. The minimum atomic E-state index is -3.85. The lowest BCUT2D eigenvalue weighted by Crippen LogP contribution is -2.50. The molecule has 0 amide bonds. The first kappa shape index (κ1) is 22.2. The second-order valence-electron chi connectivity index (χ2n) is 7.19. The van der Waals surface area contributed by atoms with Crippen molar-refractivity contribution >= 4 is 16.0 Å². The van der Waals surface area contributed by atoms with E-state index in [9.17, 15) is 22.7 Å². The van der Waals surface area contributed by atoms with Crippen molar-refractivity contribution < 1.29 is 27.4 Å². The maximum Gasteiger partial charge on any atom is 0.322 e. The Kier molecular flexibility index (Phi) is 7.41. The molecular weight excluding hydrogens is 411 g/mol. The summed E-state index contributed by atoms with van der Waals surface area (Å²) in [5, 5.41) is 9.48. The molecule has 0 aliphatic carbocycles. The number of nitrogens with one attached hydrogen (secondary N) is 1. The van der Waals surface area contributed by atoms with Crippen LogP contribution in [-0.4, -0.2) is 50.1 Å². The van der Waals surface area contributed by atoms with Gasteiger partial charge in [-0.3, -0.25) is 9.69 Å². The van der Waals surface area contributed by atoms with Crippen LogP contribution in [0.3, 0.4) is 0 Å². The summed E-state index contributed by atoms with van der Waals surface area (Å²) in [6, 6.07) is 10.9. The molecule has 1 fully saturated rings. The predicted molar refractivity (Wildman–Crippen MR) is 109 cm³/mol. The van der Waals surface area contributed by atoms with Crippen molar-refractivity contribution in [1.82, 2.24) is 9.62 Å². The van der Waals surface area contributed by atoms with Gasteiger partial charge in [0.2, 0.25) is 10.0 Å². The molecule has 0 spiro atoms. The molecule has 1 saturated heterocycles. The molecule has 0 bridgehead atoms. The molecule has 1 unspecified atom stereocenters. The highest BCUT2D eigenvalue weighted by Crippen LogP contribution is 2.18. The zero-order chi connectivity index (χ0) is 21.6. The van der Waals surface area contributed by atoms with Gasteiger partial charge in [-0.25, -0.2) is 17.5 Å². The molecule has 30 heavy (non-hydrogen) atoms. The second kappa shape index (κ2) is 10.0. The Labute approximate surface area is 175 Å². The fraction of sp³-hybridized carbons (Fsp3) is 0.381. The van der Waals surface area contributed by atoms with E-state index in [-0.39, 0.29) is 23.9 Å². The highest BCUT2D eigenvalue weighted by Gasteiger charge is 2.28. The highest BCUT2D eigenvalue weighted by atomic mass is 32.2. The van der Waals surface area contributed by atoms with Crippen LogP contribution in [0.15, 0.2) is 53.4 Å². The van der Waals surface area contributed by atoms with Crippen LogP contribution in [0.1, 0.15) is 24.8 Å². The van der Waals surface area contributed by atoms with Gasteiger partial charge in [-0.15, -0.1) is 0 Å². The number of rotatable bonds is 9. The first-order valence-electron chi connectivity index (χ1n) is 9.79. The van der Waals surface area contributed by atoms with E-state index in [2.05, 4.69) is 4.72 Å². The van der Waals surface area contributed by atoms with Crippen LogP contribution in [0.4, 0.5) is 4.39 Å². The van der Waals surface area contributed by atoms with Gasteiger partial charge in [0.05, 0.1) is 4.90 Å². The molecule has 1 heterocycles. The normalized spacial score (nSPS) is 16.2. The van der Waals surface area contributed by atoms with Gasteiger partial charge in [0.1, 0.15) is 24.2 Å². The van der Waals surface area contributed by atoms with Gasteiger partial charge in [0.15, 0.2) is 0 Å². The molecule has 1 atom stereocenters. The van der Waals surface area contributed by atoms with Crippen molar-refractivity contribution in [1.29, 1.82) is 0 Å². The van der Waals surface area contributed by atoms with Crippen molar-refractivity contribution in [2.75, 3.05) is 19.6 Å². The number of benzene rings is 2. The second-order valence-corrected chi connectivity index (χ2v) is 8.96. The number of ether oxygens (including phenoxy) is 1. The van der Waals surface area contributed by atoms with Crippen LogP contribution >= 0.6 is 0 Å². The standard InChI is InChI=1S/C21H25FN2O5S/c22-17-6-4-16(5-7-17)15-29-18-8-10-19(11-9-18)30(27,28)23-14-20(21(25)26)24-12-2-1-3-13-24/h4-11,20,23H,1-3,12-15H2,(H,25,26). The average molecular weight is 437 g/mol. The third-order valence-corrected chi connectivity index (χ3v) is 6.48. The van der Waals surface area contributed by atoms with E-state index < -0.39 is 22.0 Å². The third-order valence-electron chi connectivity index (χ3n) is 5.04. The zero-order valence-electron chi connectivity index (χ0n) is 16.5. The number of likely N-dealkylation sites (tertiary alicyclic amines) is 1. The van der Waals surface area contributed by atoms with Crippen LogP contribution in [0.25, 0.3) is 0 Å². The highest BCUT2D eigenvalue weighted by molar-refractivity contribution is 7.89. The third kappa shape index (κ3) is 6.01. The Morgan fingerprint density at radius 1 is 1.07 bits per heavy atom. The van der Waals surface area contributed by atoms with Crippen LogP contribution < -0.4 is 9.46 Å². The molecule has 0 aromatic heterocycles. The number of carbonyl (C=O) groups is 1. The van der Waals surface area contributed by atoms with Crippen LogP contribution in [-0.2, 0) is 21.4 Å². The smallest absolute Gasteiger partial charge is 0.322 e. The summed E-state index contributed by atoms with van der Waals surface area (Å²) in [7, 11) is -3.85. The lowest BCUT2D eigenvalue weighted by Gasteiger charge is -2.31. The molecule has 2 aromatic carbocycles. The van der Waals surface area contributed by atoms with Gasteiger partial charge in [-0.05, 0) is 67.9 Å². The molecular formula is C21H25FN2O5S. The molecule has 162 valence electrons. The van der Waals surface area contributed by atoms with E-state index in [0.29, 0.717) is 18.8 Å². The minimum Gasteiger partial charge on any atom is -0.489 e. The van der Waals surface area contributed by atoms with E-state index in [1.165, 1.54) is 36.4 Å². The Balaban J connectivity index is 1.58. The summed E-state index contributed by atoms with van der Waals surface area (Å²) < 4.78 is 46.1. The summed E-state index contributed by atoms with van der Waals surface area (Å²) in [4.78, 5) is 13.4. The van der Waals surface area contributed by atoms with Gasteiger partial charge in [-0.2, -0.15) is 0 Å². The first-order valence-corrected chi connectivity index (χ1v) is 11.3. The quantitative estimate of drug-likeness (QED) is 0.627. The molecule has 2 aromatic rings. The minimum absolute atomic E-state index is 0.0272. The van der Waals surface area contributed by atoms with Gasteiger partial charge in [0, 0.05) is 6.54 Å². The monoisotopic (exact) mass is 436 g/mol. The van der Waals surface area contributed by atoms with Gasteiger partial charge >= 0.3 is 5.97 Å². The largest absolute Gasteiger partial charge is 0.489 e. The topological polar surface area (TPSA) is 95.9 Å². The average Bonchev–Trinajstić information content (AvgIpc) is 2.74. The molecule has 3 rings (SSSR count). The Morgan fingerprint density at radius 2 is 1.70 bits per heavy atom. The summed E-state index contributed by atoms with van der Waals surface area (Å²) in [5.41, 5.74) is 0.784. The molecule has 1 aliphatic rings. The number of carboxylic acids is 1. The van der Waals surface area contributed by atoms with E-state index >= 15 is 0 Å². The van der Waals surface area contributed by atoms with Crippen molar-refractivity contribution in [3.05, 3.63) is 59.9 Å². The Hall–Kier alpha value is -2.49. The van der Waals surface area contributed by atoms with E-state index in [1.807, 2.05) is 0 Å². The van der Waals surface area contributed by atoms with E-state index in [1.54, 1.807) is 17.0 Å². The molecule has 1 aliphatic heterocycles. The number of halogens is 1. The SMILES string of the molecule is O=C(O)C(CNS(=O)(=O)c1ccc(OCc2ccc(F)cc2)cc1)N1CCCCC1. The fourth-order valence-electron chi connectivity index (χ4n) is 3.34. The van der Waals surface area contributed by atoms with Gasteiger partial charge < -0.3 is 9.84 Å². The number of carboxylic acid groups (broad SMARTS) is 1. The number of piperidine rings is 1. The molecule has 2 N–H and O–H groups in total. The summed E-state index contributed by atoms with van der Waals surface area (Å²) >= 11 is 0. The van der Waals surface area contributed by atoms with Crippen molar-refractivity contribution in [2.45, 2.75) is 36.8 Å². The maximum absolute atomic E-state index is 12.9. The summed E-state index contributed by atoms with van der Waals surface area (Å²) in [6.45, 7) is 1.33. The maximum atomic E-state index is 12.9. The number of sulfonamides is 1. The molecule has 0 radical (unpaired) electrons. The Bertz CT molecular complexity index is 942. The van der Waals surface area contributed by atoms with E-state index in [0.717, 1.165) is 24.8 Å². The van der Waals surface area contributed by atoms with Crippen LogP contribution in [0.5, 0.6) is 5.75 Å².